The Morgan fingerprint density at radius 1 is 1.08 bits per heavy atom. The van der Waals surface area contributed by atoms with Gasteiger partial charge < -0.3 is 24.1 Å². The van der Waals surface area contributed by atoms with E-state index in [4.69, 9.17) is 18.9 Å². The predicted octanol–water partition coefficient (Wildman–Crippen LogP) is 6.20. The summed E-state index contributed by atoms with van der Waals surface area (Å²) in [6, 6.07) is 14.8. The molecule has 0 aliphatic rings. The summed E-state index contributed by atoms with van der Waals surface area (Å²) in [4.78, 5) is 16.4. The predicted molar refractivity (Wildman–Crippen MR) is 148 cm³/mol. The van der Waals surface area contributed by atoms with Crippen LogP contribution < -0.4 is 18.9 Å². The van der Waals surface area contributed by atoms with Crippen LogP contribution in [0.4, 0.5) is 4.39 Å². The second-order valence-corrected chi connectivity index (χ2v) is 9.76. The van der Waals surface area contributed by atoms with Gasteiger partial charge >= 0.3 is 5.97 Å². The molecule has 4 rings (SSSR count). The number of ether oxygens (including phenoxy) is 4. The number of methoxy groups -OCH3 is 3. The number of nitrogens with zero attached hydrogens (tertiary/aromatic N) is 2. The highest BCUT2D eigenvalue weighted by Gasteiger charge is 2.18. The van der Waals surface area contributed by atoms with Crippen molar-refractivity contribution in [1.82, 2.24) is 15.2 Å². The van der Waals surface area contributed by atoms with Crippen molar-refractivity contribution < 1.29 is 33.2 Å². The molecule has 9 nitrogen and oxygen atoms in total. The molecule has 39 heavy (non-hydrogen) atoms. The van der Waals surface area contributed by atoms with Crippen LogP contribution in [0.25, 0.3) is 17.5 Å². The number of carboxylic acids is 1. The molecular formula is C27H23BrFN3O6S. The van der Waals surface area contributed by atoms with Gasteiger partial charge in [-0.1, -0.05) is 18.2 Å². The first-order chi connectivity index (χ1) is 18.8. The van der Waals surface area contributed by atoms with Crippen molar-refractivity contribution in [1.29, 1.82) is 0 Å². The Morgan fingerprint density at radius 2 is 1.79 bits per heavy atom. The van der Waals surface area contributed by atoms with Gasteiger partial charge in [0.25, 0.3) is 0 Å². The molecule has 12 heteroatoms. The number of rotatable bonds is 11. The van der Waals surface area contributed by atoms with E-state index in [0.29, 0.717) is 50.0 Å². The number of H-pyrrole nitrogens is 1. The number of thioether (sulfide) groups is 1. The first-order valence-corrected chi connectivity index (χ1v) is 12.9. The zero-order chi connectivity index (χ0) is 27.9. The summed E-state index contributed by atoms with van der Waals surface area (Å²) >= 11 is 4.32. The van der Waals surface area contributed by atoms with E-state index in [1.54, 1.807) is 62.8 Å². The second-order valence-electron chi connectivity index (χ2n) is 7.90. The first kappa shape index (κ1) is 28.0. The van der Waals surface area contributed by atoms with Gasteiger partial charge in [0.05, 0.1) is 25.8 Å². The number of aromatic nitrogens is 3. The SMILES string of the molecule is COc1cc(OC)cc(-c2nc(S/C(=C\c3cc(Br)c(OCc4ccccc4F)c(OC)c3)C(=O)O)n[nH]2)c1. The highest BCUT2D eigenvalue weighted by Crippen LogP contribution is 2.39. The number of halogens is 2. The van der Waals surface area contributed by atoms with Crippen molar-refractivity contribution in [3.63, 3.8) is 0 Å². The van der Waals surface area contributed by atoms with E-state index in [0.717, 1.165) is 11.8 Å². The molecule has 0 aliphatic carbocycles. The molecule has 0 atom stereocenters. The summed E-state index contributed by atoms with van der Waals surface area (Å²) < 4.78 is 36.3. The molecular weight excluding hydrogens is 593 g/mol. The lowest BCUT2D eigenvalue weighted by molar-refractivity contribution is -0.131. The first-order valence-electron chi connectivity index (χ1n) is 11.3. The van der Waals surface area contributed by atoms with Gasteiger partial charge in [0.15, 0.2) is 17.3 Å². The van der Waals surface area contributed by atoms with E-state index < -0.39 is 5.97 Å². The van der Waals surface area contributed by atoms with Crippen molar-refractivity contribution in [3.05, 3.63) is 80.9 Å². The van der Waals surface area contributed by atoms with E-state index in [-0.39, 0.29) is 22.5 Å². The van der Waals surface area contributed by atoms with Crippen molar-refractivity contribution >= 4 is 39.7 Å². The number of benzene rings is 3. The summed E-state index contributed by atoms with van der Waals surface area (Å²) in [6.07, 6.45) is 1.46. The summed E-state index contributed by atoms with van der Waals surface area (Å²) in [5.41, 5.74) is 1.57. The lowest BCUT2D eigenvalue weighted by Crippen LogP contribution is -2.01. The van der Waals surface area contributed by atoms with Gasteiger partial charge in [0, 0.05) is 17.2 Å². The quantitative estimate of drug-likeness (QED) is 0.150. The number of nitrogens with one attached hydrogen (secondary N) is 1. The largest absolute Gasteiger partial charge is 0.497 e. The molecule has 0 spiro atoms. The minimum atomic E-state index is -1.16. The molecule has 0 bridgehead atoms. The van der Waals surface area contributed by atoms with Crippen LogP contribution in [0, 0.1) is 5.82 Å². The van der Waals surface area contributed by atoms with Crippen molar-refractivity contribution in [3.8, 4) is 34.4 Å². The van der Waals surface area contributed by atoms with E-state index in [2.05, 4.69) is 31.1 Å². The van der Waals surface area contributed by atoms with E-state index in [1.165, 1.54) is 19.3 Å². The van der Waals surface area contributed by atoms with Crippen LogP contribution >= 0.6 is 27.7 Å². The van der Waals surface area contributed by atoms with Crippen LogP contribution in [0.2, 0.25) is 0 Å². The average Bonchev–Trinajstić information content (AvgIpc) is 3.41. The van der Waals surface area contributed by atoms with Crippen LogP contribution in [0.3, 0.4) is 0 Å². The maximum absolute atomic E-state index is 14.0. The molecule has 1 heterocycles. The number of aliphatic carboxylic acids is 1. The van der Waals surface area contributed by atoms with Gasteiger partial charge in [0.1, 0.15) is 28.8 Å². The Morgan fingerprint density at radius 3 is 2.44 bits per heavy atom. The van der Waals surface area contributed by atoms with E-state index in [1.807, 2.05) is 0 Å². The molecule has 0 aliphatic heterocycles. The summed E-state index contributed by atoms with van der Waals surface area (Å²) in [6.45, 7) is -0.0145. The van der Waals surface area contributed by atoms with Gasteiger partial charge in [-0.2, -0.15) is 0 Å². The van der Waals surface area contributed by atoms with Gasteiger partial charge in [-0.3, -0.25) is 5.10 Å². The van der Waals surface area contributed by atoms with Crippen LogP contribution in [-0.4, -0.2) is 47.6 Å². The molecule has 0 saturated heterocycles. The van der Waals surface area contributed by atoms with Crippen LogP contribution in [-0.2, 0) is 11.4 Å². The molecule has 3 aromatic carbocycles. The van der Waals surface area contributed by atoms with Gasteiger partial charge in [-0.15, -0.1) is 5.10 Å². The molecule has 1 aromatic heterocycles. The van der Waals surface area contributed by atoms with Crippen LogP contribution in [0.5, 0.6) is 23.0 Å². The van der Waals surface area contributed by atoms with Gasteiger partial charge in [-0.25, -0.2) is 14.2 Å². The molecule has 0 radical (unpaired) electrons. The Kier molecular flexibility index (Phi) is 9.10. The maximum Gasteiger partial charge on any atom is 0.342 e. The molecule has 0 saturated carbocycles. The molecule has 0 fully saturated rings. The highest BCUT2D eigenvalue weighted by molar-refractivity contribution is 9.10. The molecule has 202 valence electrons. The van der Waals surface area contributed by atoms with Gasteiger partial charge in [-0.05, 0) is 69.7 Å². The summed E-state index contributed by atoms with van der Waals surface area (Å²) in [7, 11) is 4.54. The highest BCUT2D eigenvalue weighted by atomic mass is 79.9. The second kappa shape index (κ2) is 12.7. The van der Waals surface area contributed by atoms with Gasteiger partial charge in [0.2, 0.25) is 5.16 Å². The fourth-order valence-electron chi connectivity index (χ4n) is 3.48. The average molecular weight is 616 g/mol. The number of aromatic amines is 1. The summed E-state index contributed by atoms with van der Waals surface area (Å²) in [5.74, 6) is 0.716. The normalized spacial score (nSPS) is 11.3. The van der Waals surface area contributed by atoms with E-state index >= 15 is 0 Å². The number of hydrogen-bond donors (Lipinski definition) is 2. The lowest BCUT2D eigenvalue weighted by Gasteiger charge is -2.14. The standard InChI is InChI=1S/C27H23BrFN3O6S/c1-35-18-11-17(12-19(13-18)36-2)25-30-27(32-31-25)39-23(26(33)34)10-15-8-20(28)24(22(9-15)37-3)38-14-16-6-4-5-7-21(16)29/h4-13H,14H2,1-3H3,(H,33,34)(H,30,31,32)/b23-10-. The third kappa shape index (κ3) is 6.89. The van der Waals surface area contributed by atoms with E-state index in [9.17, 15) is 14.3 Å². The fraction of sp³-hybridized carbons (Fsp3) is 0.148. The maximum atomic E-state index is 14.0. The Bertz CT molecular complexity index is 1510. The van der Waals surface area contributed by atoms with Crippen LogP contribution in [0.15, 0.2) is 69.1 Å². The molecule has 4 aromatic rings. The third-order valence-corrected chi connectivity index (χ3v) is 6.85. The zero-order valence-electron chi connectivity index (χ0n) is 21.0. The Labute approximate surface area is 236 Å². The summed E-state index contributed by atoms with van der Waals surface area (Å²) in [5, 5.41) is 17.0. The number of hydrogen-bond acceptors (Lipinski definition) is 8. The molecule has 2 N–H and O–H groups in total. The van der Waals surface area contributed by atoms with Crippen molar-refractivity contribution in [2.45, 2.75) is 11.8 Å². The molecule has 0 unspecified atom stereocenters. The fourth-order valence-corrected chi connectivity index (χ4v) is 4.76. The van der Waals surface area contributed by atoms with Crippen molar-refractivity contribution in [2.24, 2.45) is 0 Å². The topological polar surface area (TPSA) is 116 Å². The minimum Gasteiger partial charge on any atom is -0.497 e. The zero-order valence-corrected chi connectivity index (χ0v) is 23.4. The smallest absolute Gasteiger partial charge is 0.342 e. The number of carboxylic acid groups (broad SMARTS) is 1. The lowest BCUT2D eigenvalue weighted by atomic mass is 10.2. The minimum absolute atomic E-state index is 0.0145. The number of carbonyl (C=O) groups is 1. The molecule has 0 amide bonds. The van der Waals surface area contributed by atoms with Crippen LogP contribution in [0.1, 0.15) is 11.1 Å². The third-order valence-electron chi connectivity index (χ3n) is 5.38. The van der Waals surface area contributed by atoms with Crippen molar-refractivity contribution in [2.75, 3.05) is 21.3 Å². The Balaban J connectivity index is 1.57. The monoisotopic (exact) mass is 615 g/mol. The Hall–Kier alpha value is -4.03.